The Balaban J connectivity index is 1.53. The Morgan fingerprint density at radius 2 is 1.57 bits per heavy atom. The minimum Gasteiger partial charge on any atom is -0.457 e. The number of ether oxygens (including phenoxy) is 1. The second-order valence-corrected chi connectivity index (χ2v) is 8.49. The molecular formula is C22H12Br2ClNO4. The van der Waals surface area contributed by atoms with E-state index >= 15 is 0 Å². The second kappa shape index (κ2) is 8.63. The van der Waals surface area contributed by atoms with Gasteiger partial charge in [0.15, 0.2) is 5.58 Å². The molecule has 1 aromatic heterocycles. The van der Waals surface area contributed by atoms with Crippen molar-refractivity contribution >= 4 is 66.0 Å². The maximum absolute atomic E-state index is 12.6. The Hall–Kier alpha value is -2.61. The molecule has 0 radical (unpaired) electrons. The van der Waals surface area contributed by atoms with E-state index < -0.39 is 11.5 Å². The molecule has 1 amide bonds. The van der Waals surface area contributed by atoms with Crippen LogP contribution in [-0.4, -0.2) is 5.91 Å². The standard InChI is InChI=1S/C22H12Br2ClNO4/c23-13-9-12-10-18(22(28)30-20(12)19(24)11-13)21(27)26-15-3-7-17(8-4-15)29-16-5-1-14(25)2-6-16/h1-11H,(H,26,27). The topological polar surface area (TPSA) is 68.5 Å². The molecular weight excluding hydrogens is 538 g/mol. The van der Waals surface area contributed by atoms with Crippen molar-refractivity contribution < 1.29 is 13.9 Å². The fraction of sp³-hybridized carbons (Fsp3) is 0. The van der Waals surface area contributed by atoms with Gasteiger partial charge in [0.1, 0.15) is 17.1 Å². The molecule has 0 fully saturated rings. The molecule has 0 atom stereocenters. The van der Waals surface area contributed by atoms with Gasteiger partial charge in [0.25, 0.3) is 5.91 Å². The molecule has 0 unspecified atom stereocenters. The Morgan fingerprint density at radius 1 is 0.933 bits per heavy atom. The van der Waals surface area contributed by atoms with Gasteiger partial charge in [-0.1, -0.05) is 27.5 Å². The lowest BCUT2D eigenvalue weighted by Crippen LogP contribution is -2.20. The maximum Gasteiger partial charge on any atom is 0.349 e. The quantitative estimate of drug-likeness (QED) is 0.278. The number of anilines is 1. The highest BCUT2D eigenvalue weighted by Crippen LogP contribution is 2.28. The first-order valence-corrected chi connectivity index (χ1v) is 10.6. The van der Waals surface area contributed by atoms with E-state index in [0.29, 0.717) is 37.7 Å². The Kier molecular flexibility index (Phi) is 5.94. The van der Waals surface area contributed by atoms with Crippen LogP contribution in [0.25, 0.3) is 11.0 Å². The fourth-order valence-corrected chi connectivity index (χ4v) is 4.22. The Bertz CT molecular complexity index is 1300. The van der Waals surface area contributed by atoms with Crippen LogP contribution in [0.1, 0.15) is 10.4 Å². The summed E-state index contributed by atoms with van der Waals surface area (Å²) in [6, 6.07) is 18.8. The van der Waals surface area contributed by atoms with Crippen molar-refractivity contribution in [1.82, 2.24) is 0 Å². The van der Waals surface area contributed by atoms with Crippen molar-refractivity contribution in [2.45, 2.75) is 0 Å². The van der Waals surface area contributed by atoms with Crippen LogP contribution in [0.4, 0.5) is 5.69 Å². The van der Waals surface area contributed by atoms with Gasteiger partial charge in [-0.05, 0) is 82.7 Å². The highest BCUT2D eigenvalue weighted by atomic mass is 79.9. The molecule has 0 aliphatic carbocycles. The molecule has 0 saturated heterocycles. The van der Waals surface area contributed by atoms with Gasteiger partial charge < -0.3 is 14.5 Å². The van der Waals surface area contributed by atoms with E-state index in [0.717, 1.165) is 4.47 Å². The number of benzene rings is 3. The number of carbonyl (C=O) groups excluding carboxylic acids is 1. The molecule has 1 heterocycles. The maximum atomic E-state index is 12.6. The molecule has 0 spiro atoms. The van der Waals surface area contributed by atoms with Crippen LogP contribution in [0.15, 0.2) is 84.9 Å². The monoisotopic (exact) mass is 547 g/mol. The van der Waals surface area contributed by atoms with Gasteiger partial charge in [-0.25, -0.2) is 4.79 Å². The Morgan fingerprint density at radius 3 is 2.23 bits per heavy atom. The molecule has 30 heavy (non-hydrogen) atoms. The zero-order valence-corrected chi connectivity index (χ0v) is 19.0. The number of fused-ring (bicyclic) bond motifs is 1. The number of rotatable bonds is 4. The van der Waals surface area contributed by atoms with Crippen LogP contribution in [-0.2, 0) is 0 Å². The van der Waals surface area contributed by atoms with Crippen LogP contribution in [0.3, 0.4) is 0 Å². The Labute approximate surface area is 192 Å². The van der Waals surface area contributed by atoms with E-state index in [2.05, 4.69) is 37.2 Å². The van der Waals surface area contributed by atoms with Crippen molar-refractivity contribution in [3.05, 3.63) is 96.7 Å². The van der Waals surface area contributed by atoms with Crippen molar-refractivity contribution in [3.8, 4) is 11.5 Å². The van der Waals surface area contributed by atoms with E-state index in [-0.39, 0.29) is 5.56 Å². The highest BCUT2D eigenvalue weighted by molar-refractivity contribution is 9.11. The minimum atomic E-state index is -0.717. The largest absolute Gasteiger partial charge is 0.457 e. The summed E-state index contributed by atoms with van der Waals surface area (Å²) in [5, 5.41) is 3.94. The van der Waals surface area contributed by atoms with Crippen LogP contribution in [0, 0.1) is 0 Å². The number of hydrogen-bond donors (Lipinski definition) is 1. The summed E-state index contributed by atoms with van der Waals surface area (Å²) < 4.78 is 12.4. The number of amides is 1. The molecule has 8 heteroatoms. The van der Waals surface area contributed by atoms with Crippen molar-refractivity contribution in [1.29, 1.82) is 0 Å². The number of carbonyl (C=O) groups is 1. The van der Waals surface area contributed by atoms with Gasteiger partial charge in [-0.3, -0.25) is 4.79 Å². The smallest absolute Gasteiger partial charge is 0.349 e. The van der Waals surface area contributed by atoms with E-state index in [4.69, 9.17) is 20.8 Å². The summed E-state index contributed by atoms with van der Waals surface area (Å²) in [6.07, 6.45) is 0. The van der Waals surface area contributed by atoms with E-state index in [1.165, 1.54) is 6.07 Å². The average Bonchev–Trinajstić information content (AvgIpc) is 2.71. The van der Waals surface area contributed by atoms with Crippen LogP contribution in [0.5, 0.6) is 11.5 Å². The van der Waals surface area contributed by atoms with E-state index in [1.807, 2.05) is 0 Å². The van der Waals surface area contributed by atoms with E-state index in [9.17, 15) is 9.59 Å². The third-order valence-corrected chi connectivity index (χ3v) is 5.46. The first-order chi connectivity index (χ1) is 14.4. The fourth-order valence-electron chi connectivity index (χ4n) is 2.76. The molecule has 3 aromatic carbocycles. The van der Waals surface area contributed by atoms with Crippen LogP contribution < -0.4 is 15.7 Å². The van der Waals surface area contributed by atoms with Gasteiger partial charge in [-0.15, -0.1) is 0 Å². The molecule has 4 rings (SSSR count). The normalized spacial score (nSPS) is 10.8. The summed E-state index contributed by atoms with van der Waals surface area (Å²) in [6.45, 7) is 0. The lowest BCUT2D eigenvalue weighted by molar-refractivity contribution is 0.102. The zero-order valence-electron chi connectivity index (χ0n) is 15.1. The number of nitrogens with one attached hydrogen (secondary N) is 1. The molecule has 150 valence electrons. The number of hydrogen-bond acceptors (Lipinski definition) is 4. The SMILES string of the molecule is O=C(Nc1ccc(Oc2ccc(Cl)cc2)cc1)c1cc2cc(Br)cc(Br)c2oc1=O. The summed E-state index contributed by atoms with van der Waals surface area (Å²) >= 11 is 12.6. The van der Waals surface area contributed by atoms with Gasteiger partial charge in [0.2, 0.25) is 0 Å². The van der Waals surface area contributed by atoms with Gasteiger partial charge in [-0.2, -0.15) is 0 Å². The molecule has 0 saturated carbocycles. The summed E-state index contributed by atoms with van der Waals surface area (Å²) in [5.41, 5.74) is 0.0848. The third-order valence-electron chi connectivity index (χ3n) is 4.16. The van der Waals surface area contributed by atoms with Gasteiger partial charge >= 0.3 is 5.63 Å². The first-order valence-electron chi connectivity index (χ1n) is 8.67. The predicted molar refractivity (Wildman–Crippen MR) is 124 cm³/mol. The summed E-state index contributed by atoms with van der Waals surface area (Å²) in [4.78, 5) is 24.9. The van der Waals surface area contributed by atoms with Gasteiger partial charge in [0.05, 0.1) is 4.47 Å². The van der Waals surface area contributed by atoms with Crippen LogP contribution in [0.2, 0.25) is 5.02 Å². The molecule has 0 aliphatic heterocycles. The van der Waals surface area contributed by atoms with Crippen molar-refractivity contribution in [3.63, 3.8) is 0 Å². The highest BCUT2D eigenvalue weighted by Gasteiger charge is 2.16. The van der Waals surface area contributed by atoms with E-state index in [1.54, 1.807) is 60.7 Å². The zero-order chi connectivity index (χ0) is 21.3. The predicted octanol–water partition coefficient (Wildman–Crippen LogP) is 7.02. The molecule has 0 bridgehead atoms. The lowest BCUT2D eigenvalue weighted by atomic mass is 10.1. The molecule has 5 nitrogen and oxygen atoms in total. The lowest BCUT2D eigenvalue weighted by Gasteiger charge is -2.08. The van der Waals surface area contributed by atoms with Crippen molar-refractivity contribution in [2.24, 2.45) is 0 Å². The average molecular weight is 550 g/mol. The minimum absolute atomic E-state index is 0.0889. The summed E-state index contributed by atoms with van der Waals surface area (Å²) in [7, 11) is 0. The first kappa shape index (κ1) is 20.7. The molecule has 4 aromatic rings. The van der Waals surface area contributed by atoms with Crippen LogP contribution >= 0.6 is 43.5 Å². The summed E-state index contributed by atoms with van der Waals surface area (Å²) in [5.74, 6) is 0.672. The van der Waals surface area contributed by atoms with Crippen molar-refractivity contribution in [2.75, 3.05) is 5.32 Å². The third kappa shape index (κ3) is 4.59. The molecule has 1 N–H and O–H groups in total. The number of halogens is 3. The second-order valence-electron chi connectivity index (χ2n) is 6.29. The van der Waals surface area contributed by atoms with Gasteiger partial charge in [0, 0.05) is 20.6 Å². The molecule has 0 aliphatic rings.